The van der Waals surface area contributed by atoms with Crippen LogP contribution in [0.3, 0.4) is 0 Å². The molecule has 2 aliphatic heterocycles. The van der Waals surface area contributed by atoms with Crippen LogP contribution in [0.25, 0.3) is 0 Å². The lowest BCUT2D eigenvalue weighted by Crippen LogP contribution is -2.59. The van der Waals surface area contributed by atoms with Gasteiger partial charge in [-0.25, -0.2) is 0 Å². The second-order valence-corrected chi connectivity index (χ2v) is 23.2. The lowest BCUT2D eigenvalue weighted by molar-refractivity contribution is -0.144. The largest absolute Gasteiger partial charge is 0.347 e. The number of rotatable bonds is 16. The molecule has 19 heteroatoms. The summed E-state index contributed by atoms with van der Waals surface area (Å²) in [6, 6.07) is 11.9. The van der Waals surface area contributed by atoms with Gasteiger partial charge < -0.3 is 52.3 Å². The standard InChI is InChI=1S/C57H79N11O8/c1-32(58-9)48(69)65-46(56(3,4)5)54(75)67-30-37(27-44(67)52(73)63-41-23-15-19-34-17-11-13-21-39(34)41)61-50(71)36-25-26-43(60-29-36)51(72)62-38-28-45(53(74)64-42-24-16-20-35-18-12-14-22-40(35)42)68(31-38)55(76)47(57(6,7)8)66-49(70)33(2)59-10/h11-14,17-18,21-22,25-26,29,32-33,37-38,41-42,44-47,58-59H,15-16,19-20,23-24,27-28,30-31H2,1-10H3,(H,61,71)(H,62,72)(H,63,73)(H,64,74)(H,65,69)(H,66,70)/t32-,33-,37-,38-,41?,42?,44-,45-,46+,47+/m0/s1. The number of carbonyl (C=O) groups is 8. The summed E-state index contributed by atoms with van der Waals surface area (Å²) in [5.74, 6) is -3.48. The lowest BCUT2D eigenvalue weighted by Gasteiger charge is -2.36. The minimum atomic E-state index is -0.993. The van der Waals surface area contributed by atoms with E-state index in [1.54, 1.807) is 27.9 Å². The van der Waals surface area contributed by atoms with E-state index in [0.717, 1.165) is 60.8 Å². The van der Waals surface area contributed by atoms with Crippen molar-refractivity contribution in [1.29, 1.82) is 0 Å². The van der Waals surface area contributed by atoms with Crippen LogP contribution in [0.1, 0.15) is 149 Å². The molecule has 410 valence electrons. The van der Waals surface area contributed by atoms with Crippen LogP contribution in [0.2, 0.25) is 0 Å². The van der Waals surface area contributed by atoms with E-state index in [-0.39, 0.29) is 72.9 Å². The number of likely N-dealkylation sites (N-methyl/N-ethyl adjacent to an activating group) is 2. The Morgan fingerprint density at radius 2 is 0.987 bits per heavy atom. The molecule has 4 aliphatic rings. The van der Waals surface area contributed by atoms with Crippen molar-refractivity contribution in [3.05, 3.63) is 100 Å². The number of hydrogen-bond donors (Lipinski definition) is 8. The third kappa shape index (κ3) is 13.3. The normalized spacial score (nSPS) is 22.9. The SMILES string of the molecule is CN[C@@H](C)C(=O)N[C@H](C(=O)N1C[C@@H](NC(=O)c2ccc(C(=O)N[C@H]3C[C@@H](C(=O)NC4CCCc5ccccc54)N(C(=O)[C@@H](NC(=O)[C@H](C)NC)C(C)(C)C)C3)nc2)C[C@H]1C(=O)NC1CCCc2ccccc21)C(C)(C)C. The number of fused-ring (bicyclic) bond motifs is 2. The predicted octanol–water partition coefficient (Wildman–Crippen LogP) is 3.15. The van der Waals surface area contributed by atoms with Gasteiger partial charge in [-0.05, 0) is 125 Å². The second kappa shape index (κ2) is 24.1. The smallest absolute Gasteiger partial charge is 0.270 e. The topological polar surface area (TPSA) is 252 Å². The highest BCUT2D eigenvalue weighted by Gasteiger charge is 2.48. The highest BCUT2D eigenvalue weighted by atomic mass is 16.2. The van der Waals surface area contributed by atoms with Crippen LogP contribution >= 0.6 is 0 Å². The Bertz CT molecular complexity index is 2470. The van der Waals surface area contributed by atoms with E-state index in [4.69, 9.17) is 0 Å². The summed E-state index contributed by atoms with van der Waals surface area (Å²) in [4.78, 5) is 119. The molecule has 10 atom stereocenters. The zero-order valence-corrected chi connectivity index (χ0v) is 45.8. The summed E-state index contributed by atoms with van der Waals surface area (Å²) >= 11 is 0. The number of nitrogens with one attached hydrogen (secondary N) is 8. The minimum absolute atomic E-state index is 0.00627. The van der Waals surface area contributed by atoms with Crippen LogP contribution in [-0.2, 0) is 41.6 Å². The number of carbonyl (C=O) groups excluding carboxylic acids is 8. The van der Waals surface area contributed by atoms with Crippen LogP contribution in [0.4, 0.5) is 0 Å². The molecule has 7 rings (SSSR count). The molecule has 0 bridgehead atoms. The average Bonchev–Trinajstić information content (AvgIpc) is 4.03. The zero-order valence-electron chi connectivity index (χ0n) is 45.8. The maximum Gasteiger partial charge on any atom is 0.270 e. The molecule has 0 saturated carbocycles. The first-order valence-electron chi connectivity index (χ1n) is 26.9. The highest BCUT2D eigenvalue weighted by Crippen LogP contribution is 2.34. The first-order chi connectivity index (χ1) is 36.0. The van der Waals surface area contributed by atoms with Gasteiger partial charge in [-0.1, -0.05) is 90.1 Å². The summed E-state index contributed by atoms with van der Waals surface area (Å²) in [5, 5.41) is 24.0. The monoisotopic (exact) mass is 1050 g/mol. The third-order valence-electron chi connectivity index (χ3n) is 15.5. The van der Waals surface area contributed by atoms with E-state index in [1.165, 1.54) is 28.1 Å². The summed E-state index contributed by atoms with van der Waals surface area (Å²) < 4.78 is 0. The number of aryl methyl sites for hydroxylation is 2. The predicted molar refractivity (Wildman–Crippen MR) is 287 cm³/mol. The van der Waals surface area contributed by atoms with Crippen molar-refractivity contribution in [2.24, 2.45) is 10.8 Å². The number of amides is 8. The van der Waals surface area contributed by atoms with Crippen molar-refractivity contribution < 1.29 is 38.4 Å². The van der Waals surface area contributed by atoms with Crippen LogP contribution in [0.5, 0.6) is 0 Å². The van der Waals surface area contributed by atoms with Crippen molar-refractivity contribution in [3.8, 4) is 0 Å². The van der Waals surface area contributed by atoms with E-state index in [1.807, 2.05) is 77.9 Å². The van der Waals surface area contributed by atoms with Crippen LogP contribution in [0, 0.1) is 10.8 Å². The summed E-state index contributed by atoms with van der Waals surface area (Å²) in [6.45, 7) is 14.4. The first-order valence-corrected chi connectivity index (χ1v) is 26.9. The van der Waals surface area contributed by atoms with Gasteiger partial charge in [0.15, 0.2) is 0 Å². The molecule has 76 heavy (non-hydrogen) atoms. The number of nitrogens with zero attached hydrogens (tertiary/aromatic N) is 3. The van der Waals surface area contributed by atoms with Crippen molar-refractivity contribution in [2.75, 3.05) is 27.2 Å². The van der Waals surface area contributed by atoms with Gasteiger partial charge in [-0.2, -0.15) is 0 Å². The molecule has 2 aromatic carbocycles. The highest BCUT2D eigenvalue weighted by molar-refractivity contribution is 5.98. The Labute approximate surface area is 447 Å². The molecule has 0 radical (unpaired) electrons. The van der Waals surface area contributed by atoms with Gasteiger partial charge in [-0.15, -0.1) is 0 Å². The van der Waals surface area contributed by atoms with Gasteiger partial charge in [-0.3, -0.25) is 43.3 Å². The summed E-state index contributed by atoms with van der Waals surface area (Å²) in [6.07, 6.45) is 6.51. The van der Waals surface area contributed by atoms with Crippen molar-refractivity contribution >= 4 is 47.3 Å². The Morgan fingerprint density at radius 3 is 1.38 bits per heavy atom. The minimum Gasteiger partial charge on any atom is -0.347 e. The van der Waals surface area contributed by atoms with Gasteiger partial charge in [0.25, 0.3) is 11.8 Å². The van der Waals surface area contributed by atoms with E-state index in [2.05, 4.69) is 59.7 Å². The fraction of sp³-hybridized carbons (Fsp3) is 0.561. The Kier molecular flexibility index (Phi) is 18.1. The van der Waals surface area contributed by atoms with Gasteiger partial charge in [0, 0.05) is 31.4 Å². The molecule has 19 nitrogen and oxygen atoms in total. The number of benzene rings is 2. The van der Waals surface area contributed by atoms with Gasteiger partial charge in [0.05, 0.1) is 29.7 Å². The summed E-state index contributed by atoms with van der Waals surface area (Å²) in [5.41, 5.74) is 3.03. The third-order valence-corrected chi connectivity index (χ3v) is 15.5. The molecule has 8 N–H and O–H groups in total. The average molecular weight is 1050 g/mol. The lowest BCUT2D eigenvalue weighted by atomic mass is 9.85. The Balaban J connectivity index is 1.06. The summed E-state index contributed by atoms with van der Waals surface area (Å²) in [7, 11) is 3.30. The molecular weight excluding hydrogens is 967 g/mol. The number of hydrogen-bond acceptors (Lipinski definition) is 11. The molecule has 8 amide bonds. The fourth-order valence-electron chi connectivity index (χ4n) is 10.8. The van der Waals surface area contributed by atoms with E-state index in [0.29, 0.717) is 0 Å². The van der Waals surface area contributed by atoms with Crippen molar-refractivity contribution in [1.82, 2.24) is 57.3 Å². The van der Waals surface area contributed by atoms with Crippen LogP contribution in [0.15, 0.2) is 66.9 Å². The van der Waals surface area contributed by atoms with Gasteiger partial charge in [0.1, 0.15) is 29.9 Å². The van der Waals surface area contributed by atoms with Gasteiger partial charge in [0.2, 0.25) is 35.4 Å². The molecule has 2 saturated heterocycles. The van der Waals surface area contributed by atoms with E-state index >= 15 is 0 Å². The second-order valence-electron chi connectivity index (χ2n) is 23.2. The molecule has 2 aliphatic carbocycles. The van der Waals surface area contributed by atoms with Gasteiger partial charge >= 0.3 is 0 Å². The molecule has 2 fully saturated rings. The Morgan fingerprint density at radius 1 is 0.566 bits per heavy atom. The number of aromatic nitrogens is 1. The molecule has 1 aromatic heterocycles. The van der Waals surface area contributed by atoms with E-state index in [9.17, 15) is 38.4 Å². The zero-order chi connectivity index (χ0) is 55.2. The molecule has 3 heterocycles. The van der Waals surface area contributed by atoms with Crippen LogP contribution in [-0.4, -0.2) is 138 Å². The van der Waals surface area contributed by atoms with Crippen LogP contribution < -0.4 is 42.5 Å². The van der Waals surface area contributed by atoms with E-state index < -0.39 is 82.8 Å². The maximum absolute atomic E-state index is 14.6. The van der Waals surface area contributed by atoms with Crippen molar-refractivity contribution in [2.45, 2.75) is 167 Å². The molecule has 3 aromatic rings. The molecule has 0 spiro atoms. The molecular formula is C57H79N11O8. The quantitative estimate of drug-likeness (QED) is 0.104. The first kappa shape index (κ1) is 57.0. The maximum atomic E-state index is 14.6. The number of pyridine rings is 1. The van der Waals surface area contributed by atoms with Crippen molar-refractivity contribution in [3.63, 3.8) is 0 Å². The Hall–Kier alpha value is -6.73. The fourth-order valence-corrected chi connectivity index (χ4v) is 10.8. The number of likely N-dealkylation sites (tertiary alicyclic amines) is 2. The molecule has 2 unspecified atom stereocenters.